The van der Waals surface area contributed by atoms with E-state index in [-0.39, 0.29) is 6.04 Å². The van der Waals surface area contributed by atoms with E-state index < -0.39 is 0 Å². The van der Waals surface area contributed by atoms with E-state index in [4.69, 9.17) is 12.2 Å². The summed E-state index contributed by atoms with van der Waals surface area (Å²) >= 11 is 5.51. The molecule has 2 nitrogen and oxygen atoms in total. The van der Waals surface area contributed by atoms with Crippen molar-refractivity contribution in [3.05, 3.63) is 65.2 Å². The average Bonchev–Trinajstić information content (AvgIpc) is 2.54. The van der Waals surface area contributed by atoms with Gasteiger partial charge in [0.05, 0.1) is 6.04 Å². The van der Waals surface area contributed by atoms with Crippen LogP contribution in [0.15, 0.2) is 48.5 Å². The normalized spacial score (nSPS) is 12.0. The summed E-state index contributed by atoms with van der Waals surface area (Å²) in [5.74, 6) is 0.443. The van der Waals surface area contributed by atoms with E-state index in [2.05, 4.69) is 86.9 Å². The molecule has 2 aromatic carbocycles. The third-order valence-corrected chi connectivity index (χ3v) is 4.32. The summed E-state index contributed by atoms with van der Waals surface area (Å²) in [4.78, 5) is 0. The number of anilines is 1. The summed E-state index contributed by atoms with van der Waals surface area (Å²) in [6, 6.07) is 17.1. The SMILES string of the molecule is CCc1ccc(NC(=S)N[C@H](c2ccccc2C)C(C)C)cc1. The number of benzene rings is 2. The highest BCUT2D eigenvalue weighted by molar-refractivity contribution is 7.80. The van der Waals surface area contributed by atoms with Gasteiger partial charge in [-0.05, 0) is 60.3 Å². The van der Waals surface area contributed by atoms with Gasteiger partial charge in [0.2, 0.25) is 0 Å². The number of rotatable bonds is 5. The van der Waals surface area contributed by atoms with Gasteiger partial charge in [0.25, 0.3) is 0 Å². The van der Waals surface area contributed by atoms with Crippen LogP contribution in [-0.4, -0.2) is 5.11 Å². The lowest BCUT2D eigenvalue weighted by atomic mass is 9.93. The molecule has 3 heteroatoms. The van der Waals surface area contributed by atoms with E-state index in [1.54, 1.807) is 0 Å². The van der Waals surface area contributed by atoms with Crippen LogP contribution >= 0.6 is 12.2 Å². The molecule has 2 N–H and O–H groups in total. The second-order valence-corrected chi connectivity index (χ2v) is 6.64. The number of hydrogen-bond donors (Lipinski definition) is 2. The number of aryl methyl sites for hydroxylation is 2. The average molecular weight is 327 g/mol. The Labute approximate surface area is 145 Å². The molecule has 0 amide bonds. The molecule has 0 bridgehead atoms. The van der Waals surface area contributed by atoms with Crippen LogP contribution in [0.5, 0.6) is 0 Å². The number of hydrogen-bond acceptors (Lipinski definition) is 1. The van der Waals surface area contributed by atoms with Crippen LogP contribution in [0.25, 0.3) is 0 Å². The van der Waals surface area contributed by atoms with Gasteiger partial charge in [-0.2, -0.15) is 0 Å². The Bertz CT molecular complexity index is 647. The first-order valence-electron chi connectivity index (χ1n) is 8.23. The van der Waals surface area contributed by atoms with Gasteiger partial charge in [0.15, 0.2) is 5.11 Å². The molecule has 0 aliphatic heterocycles. The Hall–Kier alpha value is -1.87. The molecule has 1 atom stereocenters. The molecule has 0 aliphatic rings. The standard InChI is InChI=1S/C20H26N2S/c1-5-16-10-12-17(13-11-16)21-20(23)22-19(14(2)3)18-9-7-6-8-15(18)4/h6-14,19H,5H2,1-4H3,(H2,21,22,23)/t19-/m0/s1. The first kappa shape index (κ1) is 17.5. The van der Waals surface area contributed by atoms with Gasteiger partial charge >= 0.3 is 0 Å². The van der Waals surface area contributed by atoms with E-state index in [9.17, 15) is 0 Å². The lowest BCUT2D eigenvalue weighted by Gasteiger charge is -2.26. The molecule has 122 valence electrons. The molecule has 2 rings (SSSR count). The summed E-state index contributed by atoms with van der Waals surface area (Å²) in [5.41, 5.74) is 4.93. The largest absolute Gasteiger partial charge is 0.355 e. The molecule has 0 aliphatic carbocycles. The predicted octanol–water partition coefficient (Wildman–Crippen LogP) is 5.24. The highest BCUT2D eigenvalue weighted by Gasteiger charge is 2.18. The maximum absolute atomic E-state index is 5.51. The molecule has 0 radical (unpaired) electrons. The molecular weight excluding hydrogens is 300 g/mol. The van der Waals surface area contributed by atoms with E-state index in [0.717, 1.165) is 12.1 Å². The summed E-state index contributed by atoms with van der Waals surface area (Å²) in [5, 5.41) is 7.42. The highest BCUT2D eigenvalue weighted by atomic mass is 32.1. The lowest BCUT2D eigenvalue weighted by Crippen LogP contribution is -2.35. The minimum absolute atomic E-state index is 0.200. The lowest BCUT2D eigenvalue weighted by molar-refractivity contribution is 0.471. The molecule has 0 saturated carbocycles. The van der Waals surface area contributed by atoms with Gasteiger partial charge in [-0.1, -0.05) is 57.2 Å². The van der Waals surface area contributed by atoms with Crippen molar-refractivity contribution in [1.29, 1.82) is 0 Å². The summed E-state index contributed by atoms with van der Waals surface area (Å²) < 4.78 is 0. The summed E-state index contributed by atoms with van der Waals surface area (Å²) in [6.07, 6.45) is 1.05. The van der Waals surface area contributed by atoms with Crippen molar-refractivity contribution >= 4 is 23.0 Å². The monoisotopic (exact) mass is 326 g/mol. The third-order valence-electron chi connectivity index (χ3n) is 4.10. The van der Waals surface area contributed by atoms with Crippen LogP contribution in [0, 0.1) is 12.8 Å². The molecule has 0 unspecified atom stereocenters. The van der Waals surface area contributed by atoms with Gasteiger partial charge < -0.3 is 10.6 Å². The van der Waals surface area contributed by atoms with E-state index in [1.165, 1.54) is 16.7 Å². The molecule has 2 aromatic rings. The fraction of sp³-hybridized carbons (Fsp3) is 0.350. The number of thiocarbonyl (C=S) groups is 1. The predicted molar refractivity (Wildman–Crippen MR) is 104 cm³/mol. The zero-order valence-electron chi connectivity index (χ0n) is 14.4. The number of nitrogens with one attached hydrogen (secondary N) is 2. The second-order valence-electron chi connectivity index (χ2n) is 6.23. The van der Waals surface area contributed by atoms with Gasteiger partial charge in [-0.3, -0.25) is 0 Å². The molecule has 0 spiro atoms. The molecule has 0 fully saturated rings. The van der Waals surface area contributed by atoms with Crippen molar-refractivity contribution in [3.8, 4) is 0 Å². The van der Waals surface area contributed by atoms with Crippen molar-refractivity contribution < 1.29 is 0 Å². The minimum atomic E-state index is 0.200. The van der Waals surface area contributed by atoms with Crippen LogP contribution in [-0.2, 0) is 6.42 Å². The van der Waals surface area contributed by atoms with Crippen LogP contribution in [0.4, 0.5) is 5.69 Å². The molecule has 0 saturated heterocycles. The maximum atomic E-state index is 5.51. The van der Waals surface area contributed by atoms with Crippen LogP contribution in [0.2, 0.25) is 0 Å². The van der Waals surface area contributed by atoms with Crippen LogP contribution in [0.1, 0.15) is 43.5 Å². The Morgan fingerprint density at radius 3 is 2.26 bits per heavy atom. The zero-order valence-corrected chi connectivity index (χ0v) is 15.2. The quantitative estimate of drug-likeness (QED) is 0.735. The van der Waals surface area contributed by atoms with Gasteiger partial charge in [0.1, 0.15) is 0 Å². The van der Waals surface area contributed by atoms with Crippen molar-refractivity contribution in [1.82, 2.24) is 5.32 Å². The van der Waals surface area contributed by atoms with Gasteiger partial charge in [-0.25, -0.2) is 0 Å². The first-order valence-corrected chi connectivity index (χ1v) is 8.64. The van der Waals surface area contributed by atoms with Crippen molar-refractivity contribution in [3.63, 3.8) is 0 Å². The Kier molecular flexibility index (Phi) is 6.17. The molecule has 0 heterocycles. The minimum Gasteiger partial charge on any atom is -0.355 e. The molecular formula is C20H26N2S. The van der Waals surface area contributed by atoms with Gasteiger partial charge in [-0.15, -0.1) is 0 Å². The maximum Gasteiger partial charge on any atom is 0.171 e. The summed E-state index contributed by atoms with van der Waals surface area (Å²) in [6.45, 7) is 8.72. The van der Waals surface area contributed by atoms with E-state index in [0.29, 0.717) is 11.0 Å². The smallest absolute Gasteiger partial charge is 0.171 e. The topological polar surface area (TPSA) is 24.1 Å². The first-order chi connectivity index (χ1) is 11.0. The Morgan fingerprint density at radius 2 is 1.70 bits per heavy atom. The van der Waals surface area contributed by atoms with Crippen LogP contribution < -0.4 is 10.6 Å². The van der Waals surface area contributed by atoms with Crippen molar-refractivity contribution in [2.75, 3.05) is 5.32 Å². The second kappa shape index (κ2) is 8.11. The third kappa shape index (κ3) is 4.80. The summed E-state index contributed by atoms with van der Waals surface area (Å²) in [7, 11) is 0. The van der Waals surface area contributed by atoms with E-state index >= 15 is 0 Å². The Morgan fingerprint density at radius 1 is 1.04 bits per heavy atom. The van der Waals surface area contributed by atoms with Crippen LogP contribution in [0.3, 0.4) is 0 Å². The fourth-order valence-corrected chi connectivity index (χ4v) is 2.92. The van der Waals surface area contributed by atoms with E-state index in [1.807, 2.05) is 0 Å². The van der Waals surface area contributed by atoms with Crippen molar-refractivity contribution in [2.24, 2.45) is 5.92 Å². The molecule has 23 heavy (non-hydrogen) atoms. The molecule has 0 aromatic heterocycles. The fourth-order valence-electron chi connectivity index (χ4n) is 2.67. The van der Waals surface area contributed by atoms with Gasteiger partial charge in [0, 0.05) is 5.69 Å². The highest BCUT2D eigenvalue weighted by Crippen LogP contribution is 2.24. The zero-order chi connectivity index (χ0) is 16.8. The van der Waals surface area contributed by atoms with Crippen molar-refractivity contribution in [2.45, 2.75) is 40.2 Å². The Balaban J connectivity index is 2.07.